The van der Waals surface area contributed by atoms with Gasteiger partial charge in [-0.3, -0.25) is 9.59 Å². The molecule has 4 nitrogen and oxygen atoms in total. The van der Waals surface area contributed by atoms with Crippen LogP contribution in [0.15, 0.2) is 30.3 Å². The maximum atomic E-state index is 13.1. The zero-order valence-corrected chi connectivity index (χ0v) is 15.3. The van der Waals surface area contributed by atoms with Crippen molar-refractivity contribution < 1.29 is 9.59 Å². The van der Waals surface area contributed by atoms with Crippen molar-refractivity contribution in [2.75, 3.05) is 0 Å². The van der Waals surface area contributed by atoms with Gasteiger partial charge in [0.15, 0.2) is 0 Å². The van der Waals surface area contributed by atoms with E-state index in [1.165, 1.54) is 32.1 Å². The fraction of sp³-hybridized carbons (Fsp3) is 0.619. The maximum Gasteiger partial charge on any atom is 0.245 e. The number of nitrogens with one attached hydrogen (secondary N) is 1. The molecule has 1 saturated heterocycles. The summed E-state index contributed by atoms with van der Waals surface area (Å²) in [7, 11) is 0. The highest BCUT2D eigenvalue weighted by Gasteiger charge is 2.47. The number of hydrogen-bond donors (Lipinski definition) is 1. The van der Waals surface area contributed by atoms with Gasteiger partial charge in [0, 0.05) is 19.0 Å². The van der Waals surface area contributed by atoms with Crippen LogP contribution < -0.4 is 5.32 Å². The predicted octanol–water partition coefficient (Wildman–Crippen LogP) is 3.80. The SMILES string of the molecule is CC1(C(=O)NC2CCCCCCC2)CCC(=O)N1Cc1ccccc1. The molecule has 25 heavy (non-hydrogen) atoms. The second-order valence-corrected chi connectivity index (χ2v) is 7.75. The lowest BCUT2D eigenvalue weighted by Gasteiger charge is -2.35. The highest BCUT2D eigenvalue weighted by molar-refractivity contribution is 5.94. The minimum Gasteiger partial charge on any atom is -0.351 e. The van der Waals surface area contributed by atoms with Crippen LogP contribution in [0.25, 0.3) is 0 Å². The van der Waals surface area contributed by atoms with Crippen molar-refractivity contribution in [1.29, 1.82) is 0 Å². The minimum atomic E-state index is -0.727. The zero-order valence-electron chi connectivity index (χ0n) is 15.3. The largest absolute Gasteiger partial charge is 0.351 e. The molecule has 0 aromatic heterocycles. The maximum absolute atomic E-state index is 13.1. The van der Waals surface area contributed by atoms with Gasteiger partial charge in [-0.1, -0.05) is 62.4 Å². The van der Waals surface area contributed by atoms with Gasteiger partial charge in [-0.2, -0.15) is 0 Å². The van der Waals surface area contributed by atoms with Crippen LogP contribution in [0.4, 0.5) is 0 Å². The first-order chi connectivity index (χ1) is 12.1. The highest BCUT2D eigenvalue weighted by Crippen LogP contribution is 2.32. The number of carbonyl (C=O) groups excluding carboxylic acids is 2. The molecule has 2 fully saturated rings. The van der Waals surface area contributed by atoms with Crippen LogP contribution in [-0.4, -0.2) is 28.3 Å². The lowest BCUT2D eigenvalue weighted by atomic mass is 9.93. The molecule has 1 aliphatic heterocycles. The second-order valence-electron chi connectivity index (χ2n) is 7.75. The molecule has 136 valence electrons. The molecule has 1 N–H and O–H groups in total. The molecular weight excluding hydrogens is 312 g/mol. The Balaban J connectivity index is 1.68. The molecule has 0 spiro atoms. The highest BCUT2D eigenvalue weighted by atomic mass is 16.2. The topological polar surface area (TPSA) is 49.4 Å². The van der Waals surface area contributed by atoms with Gasteiger partial charge in [0.1, 0.15) is 5.54 Å². The normalized spacial score (nSPS) is 25.5. The second kappa shape index (κ2) is 8.03. The molecule has 4 heteroatoms. The smallest absolute Gasteiger partial charge is 0.245 e. The first-order valence-corrected chi connectivity index (χ1v) is 9.75. The van der Waals surface area contributed by atoms with E-state index < -0.39 is 5.54 Å². The average molecular weight is 342 g/mol. The fourth-order valence-corrected chi connectivity index (χ4v) is 4.10. The van der Waals surface area contributed by atoms with Crippen molar-refractivity contribution in [3.05, 3.63) is 35.9 Å². The van der Waals surface area contributed by atoms with E-state index in [0.29, 0.717) is 19.4 Å². The Labute approximate surface area is 151 Å². The number of nitrogens with zero attached hydrogens (tertiary/aromatic N) is 1. The first kappa shape index (κ1) is 18.0. The fourth-order valence-electron chi connectivity index (χ4n) is 4.10. The van der Waals surface area contributed by atoms with E-state index in [2.05, 4.69) is 5.32 Å². The van der Waals surface area contributed by atoms with Crippen molar-refractivity contribution in [1.82, 2.24) is 10.2 Å². The van der Waals surface area contributed by atoms with E-state index in [4.69, 9.17) is 0 Å². The van der Waals surface area contributed by atoms with E-state index in [-0.39, 0.29) is 17.9 Å². The van der Waals surface area contributed by atoms with Gasteiger partial charge in [0.25, 0.3) is 0 Å². The third-order valence-electron chi connectivity index (χ3n) is 5.84. The predicted molar refractivity (Wildman–Crippen MR) is 98.9 cm³/mol. The van der Waals surface area contributed by atoms with Gasteiger partial charge in [-0.05, 0) is 31.7 Å². The van der Waals surface area contributed by atoms with Gasteiger partial charge in [0.2, 0.25) is 11.8 Å². The van der Waals surface area contributed by atoms with E-state index in [9.17, 15) is 9.59 Å². The van der Waals surface area contributed by atoms with E-state index in [1.807, 2.05) is 37.3 Å². The van der Waals surface area contributed by atoms with Crippen molar-refractivity contribution >= 4 is 11.8 Å². The molecule has 2 amide bonds. The summed E-state index contributed by atoms with van der Waals surface area (Å²) in [6, 6.07) is 10.2. The summed E-state index contributed by atoms with van der Waals surface area (Å²) in [6.07, 6.45) is 9.42. The van der Waals surface area contributed by atoms with Crippen LogP contribution >= 0.6 is 0 Å². The number of rotatable bonds is 4. The Bertz CT molecular complexity index is 593. The number of carbonyl (C=O) groups is 2. The van der Waals surface area contributed by atoms with Crippen LogP contribution in [0, 0.1) is 0 Å². The quantitative estimate of drug-likeness (QED) is 0.905. The monoisotopic (exact) mass is 342 g/mol. The summed E-state index contributed by atoms with van der Waals surface area (Å²) in [5, 5.41) is 3.27. The number of amides is 2. The molecule has 0 radical (unpaired) electrons. The van der Waals surface area contributed by atoms with E-state index in [0.717, 1.165) is 18.4 Å². The zero-order chi connectivity index (χ0) is 17.7. The van der Waals surface area contributed by atoms with Crippen LogP contribution in [0.3, 0.4) is 0 Å². The summed E-state index contributed by atoms with van der Waals surface area (Å²) in [5.74, 6) is 0.110. The number of benzene rings is 1. The number of likely N-dealkylation sites (tertiary alicyclic amines) is 1. The molecule has 0 bridgehead atoms. The van der Waals surface area contributed by atoms with Crippen LogP contribution in [-0.2, 0) is 16.1 Å². The molecule has 1 saturated carbocycles. The summed E-state index contributed by atoms with van der Waals surface area (Å²) >= 11 is 0. The Hall–Kier alpha value is -1.84. The summed E-state index contributed by atoms with van der Waals surface area (Å²) in [5.41, 5.74) is 0.345. The molecule has 3 rings (SSSR count). The molecule has 2 aliphatic rings. The van der Waals surface area contributed by atoms with E-state index in [1.54, 1.807) is 4.90 Å². The third-order valence-corrected chi connectivity index (χ3v) is 5.84. The van der Waals surface area contributed by atoms with Gasteiger partial charge < -0.3 is 10.2 Å². The van der Waals surface area contributed by atoms with E-state index >= 15 is 0 Å². The minimum absolute atomic E-state index is 0.0276. The van der Waals surface area contributed by atoms with Crippen LogP contribution in [0.2, 0.25) is 0 Å². The lowest BCUT2D eigenvalue weighted by Crippen LogP contribution is -2.56. The molecule has 1 heterocycles. The molecule has 1 aromatic rings. The molecule has 1 unspecified atom stereocenters. The molecule has 1 atom stereocenters. The standard InChI is InChI=1S/C21H30N2O2/c1-21(20(25)22-18-12-8-3-2-4-9-13-18)15-14-19(24)23(21)16-17-10-6-5-7-11-17/h5-7,10-11,18H,2-4,8-9,12-16H2,1H3,(H,22,25). The van der Waals surface area contributed by atoms with Crippen molar-refractivity contribution in [2.24, 2.45) is 0 Å². The Morgan fingerprint density at radius 2 is 1.76 bits per heavy atom. The van der Waals surface area contributed by atoms with Crippen LogP contribution in [0.5, 0.6) is 0 Å². The molecule has 1 aliphatic carbocycles. The van der Waals surface area contributed by atoms with Crippen molar-refractivity contribution in [2.45, 2.75) is 82.8 Å². The summed E-state index contributed by atoms with van der Waals surface area (Å²) < 4.78 is 0. The molecular formula is C21H30N2O2. The lowest BCUT2D eigenvalue weighted by molar-refractivity contribution is -0.141. The number of hydrogen-bond acceptors (Lipinski definition) is 2. The van der Waals surface area contributed by atoms with Crippen molar-refractivity contribution in [3.63, 3.8) is 0 Å². The van der Waals surface area contributed by atoms with Gasteiger partial charge in [0.05, 0.1) is 0 Å². The van der Waals surface area contributed by atoms with Crippen molar-refractivity contribution in [3.8, 4) is 0 Å². The van der Waals surface area contributed by atoms with Gasteiger partial charge in [-0.25, -0.2) is 0 Å². The Morgan fingerprint density at radius 1 is 1.12 bits per heavy atom. The summed E-state index contributed by atoms with van der Waals surface area (Å²) in [4.78, 5) is 27.3. The summed E-state index contributed by atoms with van der Waals surface area (Å²) in [6.45, 7) is 2.44. The van der Waals surface area contributed by atoms with Gasteiger partial charge >= 0.3 is 0 Å². The molecule has 1 aromatic carbocycles. The Morgan fingerprint density at radius 3 is 2.44 bits per heavy atom. The Kier molecular flexibility index (Phi) is 5.77. The third kappa shape index (κ3) is 4.23. The van der Waals surface area contributed by atoms with Crippen LogP contribution in [0.1, 0.15) is 70.3 Å². The average Bonchev–Trinajstić information content (AvgIpc) is 2.88. The van der Waals surface area contributed by atoms with Gasteiger partial charge in [-0.15, -0.1) is 0 Å². The first-order valence-electron chi connectivity index (χ1n) is 9.75.